The summed E-state index contributed by atoms with van der Waals surface area (Å²) >= 11 is 0. The first-order chi connectivity index (χ1) is 9.28. The molecule has 0 heterocycles. The van der Waals surface area contributed by atoms with Crippen LogP contribution in [0.4, 0.5) is 13.2 Å². The zero-order valence-corrected chi connectivity index (χ0v) is 10.7. The van der Waals surface area contributed by atoms with Crippen LogP contribution < -0.4 is 4.74 Å². The molecule has 0 unspecified atom stereocenters. The van der Waals surface area contributed by atoms with Gasteiger partial charge < -0.3 is 14.3 Å². The summed E-state index contributed by atoms with van der Waals surface area (Å²) in [5, 5.41) is 0. The van der Waals surface area contributed by atoms with Crippen molar-refractivity contribution in [2.24, 2.45) is 0 Å². The van der Waals surface area contributed by atoms with Crippen molar-refractivity contribution in [1.29, 1.82) is 0 Å². The minimum atomic E-state index is -4.77. The molecule has 1 aromatic carbocycles. The molecule has 0 aliphatic carbocycles. The standard InChI is InChI=1S/C13H13F3O4/c1-9(17)3-2-8-19-12(18)10-4-6-11(7-5-10)20-13(14,15)16/h4-7H,2-3,8H2,1H3. The molecule has 0 N–H and O–H groups in total. The molecule has 1 rings (SSSR count). The second-order valence-electron chi connectivity index (χ2n) is 4.01. The molecule has 4 nitrogen and oxygen atoms in total. The normalized spacial score (nSPS) is 11.0. The summed E-state index contributed by atoms with van der Waals surface area (Å²) in [7, 11) is 0. The van der Waals surface area contributed by atoms with Gasteiger partial charge in [0.05, 0.1) is 12.2 Å². The zero-order chi connectivity index (χ0) is 15.2. The molecule has 0 amide bonds. The predicted molar refractivity (Wildman–Crippen MR) is 63.3 cm³/mol. The molecular formula is C13H13F3O4. The van der Waals surface area contributed by atoms with Crippen LogP contribution in [0, 0.1) is 0 Å². The lowest BCUT2D eigenvalue weighted by Gasteiger charge is -2.09. The van der Waals surface area contributed by atoms with Gasteiger partial charge in [-0.15, -0.1) is 13.2 Å². The summed E-state index contributed by atoms with van der Waals surface area (Å²) in [6.07, 6.45) is -4.04. The van der Waals surface area contributed by atoms with Crippen LogP contribution in [-0.2, 0) is 9.53 Å². The summed E-state index contributed by atoms with van der Waals surface area (Å²) in [6, 6.07) is 4.40. The lowest BCUT2D eigenvalue weighted by atomic mass is 10.2. The lowest BCUT2D eigenvalue weighted by Crippen LogP contribution is -2.17. The van der Waals surface area contributed by atoms with E-state index in [1.54, 1.807) is 0 Å². The van der Waals surface area contributed by atoms with Crippen molar-refractivity contribution >= 4 is 11.8 Å². The molecule has 0 saturated heterocycles. The minimum Gasteiger partial charge on any atom is -0.462 e. The highest BCUT2D eigenvalue weighted by molar-refractivity contribution is 5.89. The number of carbonyl (C=O) groups is 2. The van der Waals surface area contributed by atoms with E-state index in [-0.39, 0.29) is 18.0 Å². The van der Waals surface area contributed by atoms with Crippen molar-refractivity contribution < 1.29 is 32.2 Å². The number of esters is 1. The number of halogens is 3. The molecule has 0 spiro atoms. The molecule has 0 aliphatic rings. The first kappa shape index (κ1) is 16.0. The van der Waals surface area contributed by atoms with Gasteiger partial charge in [0.25, 0.3) is 0 Å². The Bertz CT molecular complexity index is 465. The van der Waals surface area contributed by atoms with Gasteiger partial charge >= 0.3 is 12.3 Å². The summed E-state index contributed by atoms with van der Waals surface area (Å²) in [5.74, 6) is -1.08. The van der Waals surface area contributed by atoms with Crippen molar-refractivity contribution in [3.05, 3.63) is 29.8 Å². The smallest absolute Gasteiger partial charge is 0.462 e. The summed E-state index contributed by atoms with van der Waals surface area (Å²) in [6.45, 7) is 1.51. The molecule has 110 valence electrons. The molecule has 1 aromatic rings. The Balaban J connectivity index is 2.47. The average molecular weight is 290 g/mol. The molecular weight excluding hydrogens is 277 g/mol. The third-order valence-electron chi connectivity index (χ3n) is 2.23. The van der Waals surface area contributed by atoms with E-state index in [9.17, 15) is 22.8 Å². The van der Waals surface area contributed by atoms with E-state index in [0.717, 1.165) is 12.1 Å². The molecule has 7 heteroatoms. The molecule has 0 aromatic heterocycles. The second kappa shape index (κ2) is 6.93. The monoisotopic (exact) mass is 290 g/mol. The largest absolute Gasteiger partial charge is 0.573 e. The lowest BCUT2D eigenvalue weighted by molar-refractivity contribution is -0.274. The van der Waals surface area contributed by atoms with Gasteiger partial charge in [-0.25, -0.2) is 4.79 Å². The van der Waals surface area contributed by atoms with Gasteiger partial charge in [0, 0.05) is 6.42 Å². The first-order valence-corrected chi connectivity index (χ1v) is 5.80. The molecule has 0 radical (unpaired) electrons. The number of hydrogen-bond donors (Lipinski definition) is 0. The number of Topliss-reactive ketones (excluding diaryl/α,β-unsaturated/α-hetero) is 1. The predicted octanol–water partition coefficient (Wildman–Crippen LogP) is 3.11. The van der Waals surface area contributed by atoms with Crippen LogP contribution in [0.3, 0.4) is 0 Å². The fourth-order valence-corrected chi connectivity index (χ4v) is 1.36. The SMILES string of the molecule is CC(=O)CCCOC(=O)c1ccc(OC(F)(F)F)cc1. The minimum absolute atomic E-state index is 0.00491. The maximum Gasteiger partial charge on any atom is 0.573 e. The number of ketones is 1. The van der Waals surface area contributed by atoms with Crippen LogP contribution in [0.25, 0.3) is 0 Å². The van der Waals surface area contributed by atoms with Gasteiger partial charge in [-0.2, -0.15) is 0 Å². The Labute approximate surface area is 113 Å². The van der Waals surface area contributed by atoms with Crippen molar-refractivity contribution in [3.63, 3.8) is 0 Å². The third kappa shape index (κ3) is 6.21. The molecule has 20 heavy (non-hydrogen) atoms. The van der Waals surface area contributed by atoms with Crippen LogP contribution in [0.5, 0.6) is 5.75 Å². The quantitative estimate of drug-likeness (QED) is 0.596. The zero-order valence-electron chi connectivity index (χ0n) is 10.7. The second-order valence-corrected chi connectivity index (χ2v) is 4.01. The average Bonchev–Trinajstić information content (AvgIpc) is 2.33. The number of hydrogen-bond acceptors (Lipinski definition) is 4. The highest BCUT2D eigenvalue weighted by Crippen LogP contribution is 2.22. The maximum atomic E-state index is 11.9. The highest BCUT2D eigenvalue weighted by atomic mass is 19.4. The van der Waals surface area contributed by atoms with Crippen LogP contribution in [0.1, 0.15) is 30.1 Å². The van der Waals surface area contributed by atoms with E-state index in [0.29, 0.717) is 12.8 Å². The number of carbonyl (C=O) groups excluding carboxylic acids is 2. The molecule has 0 bridgehead atoms. The maximum absolute atomic E-state index is 11.9. The number of rotatable bonds is 6. The van der Waals surface area contributed by atoms with Gasteiger partial charge in [-0.1, -0.05) is 0 Å². The number of alkyl halides is 3. The first-order valence-electron chi connectivity index (χ1n) is 5.80. The number of benzene rings is 1. The van der Waals surface area contributed by atoms with Crippen LogP contribution in [-0.4, -0.2) is 24.7 Å². The molecule has 0 fully saturated rings. The van der Waals surface area contributed by atoms with Crippen LogP contribution >= 0.6 is 0 Å². The Kier molecular flexibility index (Phi) is 5.54. The van der Waals surface area contributed by atoms with E-state index >= 15 is 0 Å². The molecule has 0 aliphatic heterocycles. The highest BCUT2D eigenvalue weighted by Gasteiger charge is 2.31. The topological polar surface area (TPSA) is 52.6 Å². The fourth-order valence-electron chi connectivity index (χ4n) is 1.36. The summed E-state index contributed by atoms with van der Waals surface area (Å²) in [5.41, 5.74) is 0.113. The Morgan fingerprint density at radius 1 is 1.15 bits per heavy atom. The van der Waals surface area contributed by atoms with E-state index in [4.69, 9.17) is 4.74 Å². The van der Waals surface area contributed by atoms with Gasteiger partial charge in [-0.05, 0) is 37.6 Å². The van der Waals surface area contributed by atoms with E-state index in [2.05, 4.69) is 4.74 Å². The van der Waals surface area contributed by atoms with Crippen molar-refractivity contribution in [2.75, 3.05) is 6.61 Å². The van der Waals surface area contributed by atoms with Gasteiger partial charge in [0.2, 0.25) is 0 Å². The Hall–Kier alpha value is -2.05. The van der Waals surface area contributed by atoms with Gasteiger partial charge in [0.15, 0.2) is 0 Å². The molecule has 0 saturated carbocycles. The van der Waals surface area contributed by atoms with Gasteiger partial charge in [0.1, 0.15) is 11.5 Å². The fraction of sp³-hybridized carbons (Fsp3) is 0.385. The van der Waals surface area contributed by atoms with Crippen molar-refractivity contribution in [3.8, 4) is 5.75 Å². The van der Waals surface area contributed by atoms with E-state index < -0.39 is 18.1 Å². The van der Waals surface area contributed by atoms with E-state index in [1.807, 2.05) is 0 Å². The number of ether oxygens (including phenoxy) is 2. The third-order valence-corrected chi connectivity index (χ3v) is 2.23. The Morgan fingerprint density at radius 2 is 1.75 bits per heavy atom. The van der Waals surface area contributed by atoms with Gasteiger partial charge in [-0.3, -0.25) is 0 Å². The molecule has 0 atom stereocenters. The van der Waals surface area contributed by atoms with Crippen molar-refractivity contribution in [1.82, 2.24) is 0 Å². The summed E-state index contributed by atoms with van der Waals surface area (Å²) in [4.78, 5) is 22.2. The van der Waals surface area contributed by atoms with Crippen LogP contribution in [0.2, 0.25) is 0 Å². The van der Waals surface area contributed by atoms with E-state index in [1.165, 1.54) is 19.1 Å². The Morgan fingerprint density at radius 3 is 2.25 bits per heavy atom. The summed E-state index contributed by atoms with van der Waals surface area (Å²) < 4.78 is 44.3. The van der Waals surface area contributed by atoms with Crippen LogP contribution in [0.15, 0.2) is 24.3 Å². The van der Waals surface area contributed by atoms with Crippen molar-refractivity contribution in [2.45, 2.75) is 26.1 Å².